The Bertz CT molecular complexity index is 530. The number of benzene rings is 1. The molecule has 0 fully saturated rings. The van der Waals surface area contributed by atoms with Crippen molar-refractivity contribution in [2.45, 2.75) is 0 Å². The first-order valence-electron chi connectivity index (χ1n) is 4.62. The summed E-state index contributed by atoms with van der Waals surface area (Å²) in [5, 5.41) is 2.85. The SMILES string of the molecule is COc1ccc(F)cc1C(=O)Nc1ncns1. The van der Waals surface area contributed by atoms with Crippen molar-refractivity contribution in [3.05, 3.63) is 35.9 Å². The monoisotopic (exact) mass is 253 g/mol. The predicted molar refractivity (Wildman–Crippen MR) is 60.8 cm³/mol. The Morgan fingerprint density at radius 3 is 3.00 bits per heavy atom. The van der Waals surface area contributed by atoms with E-state index in [0.29, 0.717) is 10.9 Å². The number of aromatic nitrogens is 2. The second-order valence-electron chi connectivity index (χ2n) is 3.05. The molecule has 88 valence electrons. The fourth-order valence-electron chi connectivity index (χ4n) is 1.25. The van der Waals surface area contributed by atoms with Gasteiger partial charge in [0.2, 0.25) is 5.13 Å². The predicted octanol–water partition coefficient (Wildman–Crippen LogP) is 1.94. The van der Waals surface area contributed by atoms with Crippen LogP contribution in [0.5, 0.6) is 5.75 Å². The van der Waals surface area contributed by atoms with E-state index in [0.717, 1.165) is 17.6 Å². The maximum absolute atomic E-state index is 13.1. The smallest absolute Gasteiger partial charge is 0.261 e. The molecule has 0 aliphatic rings. The van der Waals surface area contributed by atoms with E-state index in [1.807, 2.05) is 0 Å². The number of nitrogens with zero attached hydrogens (tertiary/aromatic N) is 2. The minimum Gasteiger partial charge on any atom is -0.496 e. The molecule has 1 heterocycles. The lowest BCUT2D eigenvalue weighted by molar-refractivity contribution is 0.102. The van der Waals surface area contributed by atoms with Crippen molar-refractivity contribution in [3.8, 4) is 5.75 Å². The van der Waals surface area contributed by atoms with Gasteiger partial charge in [-0.3, -0.25) is 10.1 Å². The Morgan fingerprint density at radius 2 is 2.35 bits per heavy atom. The Balaban J connectivity index is 2.26. The van der Waals surface area contributed by atoms with Crippen molar-refractivity contribution in [1.82, 2.24) is 9.36 Å². The van der Waals surface area contributed by atoms with Crippen LogP contribution < -0.4 is 10.1 Å². The van der Waals surface area contributed by atoms with Crippen LogP contribution in [-0.4, -0.2) is 22.4 Å². The topological polar surface area (TPSA) is 64.1 Å². The molecule has 0 aliphatic carbocycles. The van der Waals surface area contributed by atoms with Gasteiger partial charge in [0.15, 0.2) is 0 Å². The number of amides is 1. The summed E-state index contributed by atoms with van der Waals surface area (Å²) in [5.41, 5.74) is 0.114. The molecule has 0 atom stereocenters. The van der Waals surface area contributed by atoms with Crippen LogP contribution in [-0.2, 0) is 0 Å². The lowest BCUT2D eigenvalue weighted by Crippen LogP contribution is -2.13. The molecule has 17 heavy (non-hydrogen) atoms. The quantitative estimate of drug-likeness (QED) is 0.907. The standard InChI is InChI=1S/C10H8FN3O2S/c1-16-8-3-2-6(11)4-7(8)9(15)14-10-12-5-13-17-10/h2-5H,1H3,(H,12,13,14,15). The minimum atomic E-state index is -0.506. The van der Waals surface area contributed by atoms with Crippen LogP contribution in [0.25, 0.3) is 0 Å². The van der Waals surface area contributed by atoms with Crippen LogP contribution in [0.15, 0.2) is 24.5 Å². The molecule has 0 radical (unpaired) electrons. The largest absolute Gasteiger partial charge is 0.496 e. The van der Waals surface area contributed by atoms with Gasteiger partial charge in [0, 0.05) is 11.5 Å². The van der Waals surface area contributed by atoms with Crippen molar-refractivity contribution in [2.24, 2.45) is 0 Å². The number of halogens is 1. The van der Waals surface area contributed by atoms with Crippen LogP contribution in [0.3, 0.4) is 0 Å². The van der Waals surface area contributed by atoms with E-state index in [1.165, 1.54) is 25.6 Å². The molecule has 0 saturated heterocycles. The molecule has 0 unspecified atom stereocenters. The summed E-state index contributed by atoms with van der Waals surface area (Å²) in [5.74, 6) is -0.695. The average molecular weight is 253 g/mol. The van der Waals surface area contributed by atoms with Crippen LogP contribution in [0, 0.1) is 5.82 Å². The zero-order chi connectivity index (χ0) is 12.3. The number of nitrogens with one attached hydrogen (secondary N) is 1. The van der Waals surface area contributed by atoms with Gasteiger partial charge in [-0.15, -0.1) is 0 Å². The van der Waals surface area contributed by atoms with Gasteiger partial charge in [-0.1, -0.05) is 0 Å². The van der Waals surface area contributed by atoms with Crippen LogP contribution in [0.4, 0.5) is 9.52 Å². The van der Waals surface area contributed by atoms with Crippen molar-refractivity contribution in [1.29, 1.82) is 0 Å². The van der Waals surface area contributed by atoms with Crippen molar-refractivity contribution < 1.29 is 13.9 Å². The number of methoxy groups -OCH3 is 1. The van der Waals surface area contributed by atoms with Crippen LogP contribution in [0.1, 0.15) is 10.4 Å². The normalized spacial score (nSPS) is 10.0. The highest BCUT2D eigenvalue weighted by Gasteiger charge is 2.14. The number of anilines is 1. The zero-order valence-electron chi connectivity index (χ0n) is 8.81. The summed E-state index contributed by atoms with van der Waals surface area (Å²) >= 11 is 1.04. The van der Waals surface area contributed by atoms with Gasteiger partial charge in [0.25, 0.3) is 5.91 Å². The maximum Gasteiger partial charge on any atom is 0.261 e. The molecule has 0 saturated carbocycles. The van der Waals surface area contributed by atoms with Crippen molar-refractivity contribution >= 4 is 22.6 Å². The summed E-state index contributed by atoms with van der Waals surface area (Å²) in [6.45, 7) is 0. The summed E-state index contributed by atoms with van der Waals surface area (Å²) in [6.07, 6.45) is 1.32. The molecule has 1 N–H and O–H groups in total. The number of carbonyl (C=O) groups excluding carboxylic acids is 1. The van der Waals surface area contributed by atoms with Gasteiger partial charge < -0.3 is 4.74 Å². The fourth-order valence-corrected chi connectivity index (χ4v) is 1.68. The van der Waals surface area contributed by atoms with Gasteiger partial charge in [0.05, 0.1) is 12.7 Å². The molecule has 5 nitrogen and oxygen atoms in total. The van der Waals surface area contributed by atoms with E-state index >= 15 is 0 Å². The lowest BCUT2D eigenvalue weighted by atomic mass is 10.2. The molecular weight excluding hydrogens is 245 g/mol. The maximum atomic E-state index is 13.1. The van der Waals surface area contributed by atoms with Crippen molar-refractivity contribution in [2.75, 3.05) is 12.4 Å². The summed E-state index contributed by atoms with van der Waals surface area (Å²) in [7, 11) is 1.41. The Labute approximate surface area is 100 Å². The van der Waals surface area contributed by atoms with E-state index in [9.17, 15) is 9.18 Å². The molecule has 2 rings (SSSR count). The highest BCUT2D eigenvalue weighted by Crippen LogP contribution is 2.20. The number of hydrogen-bond donors (Lipinski definition) is 1. The van der Waals surface area contributed by atoms with Gasteiger partial charge in [-0.05, 0) is 18.2 Å². The Hall–Kier alpha value is -2.02. The number of carbonyl (C=O) groups is 1. The number of rotatable bonds is 3. The number of ether oxygens (including phenoxy) is 1. The second kappa shape index (κ2) is 4.88. The molecule has 1 amide bonds. The highest BCUT2D eigenvalue weighted by molar-refractivity contribution is 7.09. The minimum absolute atomic E-state index is 0.114. The van der Waals surface area contributed by atoms with E-state index in [2.05, 4.69) is 14.7 Å². The van der Waals surface area contributed by atoms with Crippen molar-refractivity contribution in [3.63, 3.8) is 0 Å². The average Bonchev–Trinajstić information content (AvgIpc) is 2.81. The van der Waals surface area contributed by atoms with Crippen LogP contribution in [0.2, 0.25) is 0 Å². The third-order valence-corrected chi connectivity index (χ3v) is 2.57. The first kappa shape index (κ1) is 11.5. The van der Waals surface area contributed by atoms with Gasteiger partial charge in [-0.25, -0.2) is 9.37 Å². The summed E-state index contributed by atoms with van der Waals surface area (Å²) < 4.78 is 21.8. The fraction of sp³-hybridized carbons (Fsp3) is 0.100. The third kappa shape index (κ3) is 2.56. The molecule has 1 aromatic heterocycles. The molecule has 0 spiro atoms. The van der Waals surface area contributed by atoms with Gasteiger partial charge in [0.1, 0.15) is 17.9 Å². The summed E-state index contributed by atoms with van der Waals surface area (Å²) in [4.78, 5) is 15.6. The number of hydrogen-bond acceptors (Lipinski definition) is 5. The van der Waals surface area contributed by atoms with E-state index < -0.39 is 11.7 Å². The Kier molecular flexibility index (Phi) is 3.29. The molecule has 1 aromatic carbocycles. The van der Waals surface area contributed by atoms with E-state index in [1.54, 1.807) is 0 Å². The highest BCUT2D eigenvalue weighted by atomic mass is 32.1. The second-order valence-corrected chi connectivity index (χ2v) is 3.83. The first-order valence-corrected chi connectivity index (χ1v) is 5.39. The summed E-state index contributed by atoms with van der Waals surface area (Å²) in [6, 6.07) is 3.72. The lowest BCUT2D eigenvalue weighted by Gasteiger charge is -2.07. The van der Waals surface area contributed by atoms with E-state index in [-0.39, 0.29) is 5.56 Å². The molecule has 0 aliphatic heterocycles. The van der Waals surface area contributed by atoms with Crippen LogP contribution >= 0.6 is 11.5 Å². The molecule has 7 heteroatoms. The molecule has 0 bridgehead atoms. The molecular formula is C10H8FN3O2S. The van der Waals surface area contributed by atoms with Gasteiger partial charge >= 0.3 is 0 Å². The molecule has 2 aromatic rings. The first-order chi connectivity index (χ1) is 8.20. The van der Waals surface area contributed by atoms with E-state index in [4.69, 9.17) is 4.74 Å². The van der Waals surface area contributed by atoms with Gasteiger partial charge in [-0.2, -0.15) is 4.37 Å². The Morgan fingerprint density at radius 1 is 1.53 bits per heavy atom. The third-order valence-electron chi connectivity index (χ3n) is 1.99. The zero-order valence-corrected chi connectivity index (χ0v) is 9.62.